The summed E-state index contributed by atoms with van der Waals surface area (Å²) in [6.45, 7) is 4.38. The molecule has 4 rings (SSSR count). The van der Waals surface area contributed by atoms with Gasteiger partial charge in [0.05, 0.1) is 38.3 Å². The summed E-state index contributed by atoms with van der Waals surface area (Å²) >= 11 is 1.42. The second-order valence-electron chi connectivity index (χ2n) is 8.17. The van der Waals surface area contributed by atoms with Crippen LogP contribution in [0.1, 0.15) is 29.3 Å². The first-order chi connectivity index (χ1) is 15.9. The number of hydrogen-bond acceptors (Lipinski definition) is 7. The fraction of sp³-hybridized carbons (Fsp3) is 0.619. The number of nitrogens with zero attached hydrogens (tertiary/aromatic N) is 4. The van der Waals surface area contributed by atoms with E-state index in [-0.39, 0.29) is 23.4 Å². The van der Waals surface area contributed by atoms with Gasteiger partial charge >= 0.3 is 11.8 Å². The van der Waals surface area contributed by atoms with Crippen LogP contribution in [0.3, 0.4) is 0 Å². The zero-order chi connectivity index (χ0) is 23.7. The number of rotatable bonds is 7. The van der Waals surface area contributed by atoms with Crippen LogP contribution in [0.5, 0.6) is 0 Å². The van der Waals surface area contributed by atoms with Crippen molar-refractivity contribution in [2.45, 2.75) is 45.0 Å². The van der Waals surface area contributed by atoms with E-state index in [9.17, 15) is 14.4 Å². The average molecular weight is 480 g/mol. The molecule has 0 spiro atoms. The molecule has 33 heavy (non-hydrogen) atoms. The number of thiophene rings is 1. The number of carbonyl (C=O) groups is 1. The van der Waals surface area contributed by atoms with E-state index < -0.39 is 6.09 Å². The van der Waals surface area contributed by atoms with E-state index in [1.807, 2.05) is 11.8 Å². The topological polar surface area (TPSA) is 116 Å². The molecule has 1 aliphatic carbocycles. The summed E-state index contributed by atoms with van der Waals surface area (Å²) in [4.78, 5) is 45.9. The van der Waals surface area contributed by atoms with Gasteiger partial charge in [-0.25, -0.2) is 9.59 Å². The van der Waals surface area contributed by atoms with Crippen LogP contribution in [0.4, 0.5) is 4.79 Å². The minimum Gasteiger partial charge on any atom is -0.451 e. The summed E-state index contributed by atoms with van der Waals surface area (Å²) in [6.07, 6.45) is 0.677. The SMILES string of the molecule is COCCn1c(=O)n([C@H]2C[C@H](OC)C2)c(=O)c2c(C)c(CN3CCN/C3=N\C(=O)OC)sc21. The Labute approximate surface area is 194 Å². The highest BCUT2D eigenvalue weighted by atomic mass is 32.1. The van der Waals surface area contributed by atoms with Crippen molar-refractivity contribution in [2.75, 3.05) is 41.0 Å². The monoisotopic (exact) mass is 479 g/mol. The third-order valence-corrected chi connectivity index (χ3v) is 7.60. The second-order valence-corrected chi connectivity index (χ2v) is 9.25. The number of fused-ring (bicyclic) bond motifs is 1. The van der Waals surface area contributed by atoms with Gasteiger partial charge in [-0.1, -0.05) is 0 Å². The Morgan fingerprint density at radius 2 is 2.00 bits per heavy atom. The molecule has 1 aliphatic heterocycles. The van der Waals surface area contributed by atoms with Gasteiger partial charge in [0.1, 0.15) is 4.83 Å². The Morgan fingerprint density at radius 3 is 2.67 bits per heavy atom. The first-order valence-corrected chi connectivity index (χ1v) is 11.7. The number of nitrogens with one attached hydrogen (secondary N) is 1. The van der Waals surface area contributed by atoms with Crippen molar-refractivity contribution in [3.05, 3.63) is 31.3 Å². The summed E-state index contributed by atoms with van der Waals surface area (Å²) in [5.41, 5.74) is 0.269. The lowest BCUT2D eigenvalue weighted by atomic mass is 9.89. The smallest absolute Gasteiger partial charge is 0.436 e. The molecule has 0 radical (unpaired) electrons. The third kappa shape index (κ3) is 4.30. The molecule has 1 saturated heterocycles. The summed E-state index contributed by atoms with van der Waals surface area (Å²) in [5, 5.41) is 3.64. The predicted octanol–water partition coefficient (Wildman–Crippen LogP) is 1.06. The number of hydrogen-bond donors (Lipinski definition) is 1. The van der Waals surface area contributed by atoms with E-state index in [0.717, 1.165) is 10.4 Å². The average Bonchev–Trinajstić information content (AvgIpc) is 3.33. The Bertz CT molecular complexity index is 1190. The zero-order valence-corrected chi connectivity index (χ0v) is 20.1. The van der Waals surface area contributed by atoms with Crippen molar-refractivity contribution in [3.8, 4) is 0 Å². The first-order valence-electron chi connectivity index (χ1n) is 10.8. The van der Waals surface area contributed by atoms with Gasteiger partial charge in [-0.05, 0) is 25.3 Å². The number of aliphatic imine (C=N–C) groups is 1. The number of carbonyl (C=O) groups excluding carboxylic acids is 1. The van der Waals surface area contributed by atoms with Crippen LogP contribution in [-0.4, -0.2) is 73.2 Å². The second kappa shape index (κ2) is 9.65. The lowest BCUT2D eigenvalue weighted by Crippen LogP contribution is -2.47. The molecule has 2 fully saturated rings. The van der Waals surface area contributed by atoms with Crippen molar-refractivity contribution in [2.24, 2.45) is 4.99 Å². The van der Waals surface area contributed by atoms with Crippen molar-refractivity contribution >= 4 is 33.6 Å². The van der Waals surface area contributed by atoms with E-state index in [4.69, 9.17) is 9.47 Å². The summed E-state index contributed by atoms with van der Waals surface area (Å²) < 4.78 is 18.2. The predicted molar refractivity (Wildman–Crippen MR) is 124 cm³/mol. The number of methoxy groups -OCH3 is 3. The van der Waals surface area contributed by atoms with Crippen LogP contribution in [0, 0.1) is 6.92 Å². The Kier molecular flexibility index (Phi) is 6.86. The third-order valence-electron chi connectivity index (χ3n) is 6.30. The summed E-state index contributed by atoms with van der Waals surface area (Å²) in [7, 11) is 4.51. The fourth-order valence-electron chi connectivity index (χ4n) is 4.29. The Morgan fingerprint density at radius 1 is 1.24 bits per heavy atom. The van der Waals surface area contributed by atoms with E-state index in [1.165, 1.54) is 23.0 Å². The van der Waals surface area contributed by atoms with Crippen LogP contribution in [0.2, 0.25) is 0 Å². The highest BCUT2D eigenvalue weighted by Crippen LogP contribution is 2.34. The molecule has 11 nitrogen and oxygen atoms in total. The summed E-state index contributed by atoms with van der Waals surface area (Å²) in [6, 6.07) is -0.169. The Balaban J connectivity index is 1.77. The maximum atomic E-state index is 13.5. The molecule has 1 amide bonds. The lowest BCUT2D eigenvalue weighted by Gasteiger charge is -2.35. The first kappa shape index (κ1) is 23.5. The van der Waals surface area contributed by atoms with Gasteiger partial charge in [0, 0.05) is 38.2 Å². The maximum absolute atomic E-state index is 13.5. The van der Waals surface area contributed by atoms with E-state index in [1.54, 1.807) is 18.8 Å². The van der Waals surface area contributed by atoms with E-state index in [0.29, 0.717) is 61.8 Å². The van der Waals surface area contributed by atoms with Crippen LogP contribution >= 0.6 is 11.3 Å². The largest absolute Gasteiger partial charge is 0.451 e. The van der Waals surface area contributed by atoms with Crippen LogP contribution in [-0.2, 0) is 27.3 Å². The van der Waals surface area contributed by atoms with E-state index in [2.05, 4.69) is 15.0 Å². The van der Waals surface area contributed by atoms with Gasteiger partial charge < -0.3 is 24.4 Å². The highest BCUT2D eigenvalue weighted by Gasteiger charge is 2.34. The minimum absolute atomic E-state index is 0.0683. The number of ether oxygens (including phenoxy) is 3. The van der Waals surface area contributed by atoms with Crippen molar-refractivity contribution in [3.63, 3.8) is 0 Å². The number of amides is 1. The molecule has 1 saturated carbocycles. The van der Waals surface area contributed by atoms with Crippen LogP contribution < -0.4 is 16.6 Å². The molecule has 0 atom stereocenters. The standard InChI is InChI=1S/C21H29N5O6S/c1-12-15(11-24-6-5-22-19(24)23-20(28)32-4)33-18-16(12)17(27)26(13-9-14(10-13)31-3)21(29)25(18)7-8-30-2/h13-14H,5-11H2,1-4H3,(H,22,23,28)/t13-,14-. The lowest BCUT2D eigenvalue weighted by molar-refractivity contribution is 0.00357. The van der Waals surface area contributed by atoms with Crippen LogP contribution in [0.25, 0.3) is 10.2 Å². The van der Waals surface area contributed by atoms with E-state index >= 15 is 0 Å². The minimum atomic E-state index is -0.677. The number of aromatic nitrogens is 2. The molecule has 0 bridgehead atoms. The molecule has 1 N–H and O–H groups in total. The van der Waals surface area contributed by atoms with Crippen LogP contribution in [0.15, 0.2) is 14.6 Å². The van der Waals surface area contributed by atoms with Gasteiger partial charge in [0.25, 0.3) is 5.56 Å². The van der Waals surface area contributed by atoms with Crippen molar-refractivity contribution in [1.82, 2.24) is 19.4 Å². The Hall–Kier alpha value is -2.70. The maximum Gasteiger partial charge on any atom is 0.436 e. The quantitative estimate of drug-likeness (QED) is 0.627. The molecule has 180 valence electrons. The van der Waals surface area contributed by atoms with Gasteiger partial charge in [-0.2, -0.15) is 0 Å². The molecule has 2 aromatic rings. The molecule has 0 aromatic carbocycles. The highest BCUT2D eigenvalue weighted by molar-refractivity contribution is 7.18. The van der Waals surface area contributed by atoms with Crippen molar-refractivity contribution < 1.29 is 19.0 Å². The molecule has 3 heterocycles. The molecular weight excluding hydrogens is 450 g/mol. The van der Waals surface area contributed by atoms with Gasteiger partial charge in [-0.3, -0.25) is 13.9 Å². The summed E-state index contributed by atoms with van der Waals surface area (Å²) in [5.74, 6) is 0.438. The molecular formula is C21H29N5O6S. The number of guanidine groups is 1. The zero-order valence-electron chi connectivity index (χ0n) is 19.3. The van der Waals surface area contributed by atoms with Crippen molar-refractivity contribution in [1.29, 1.82) is 0 Å². The molecule has 2 aliphatic rings. The van der Waals surface area contributed by atoms with Gasteiger partial charge in [0.15, 0.2) is 0 Å². The fourth-order valence-corrected chi connectivity index (χ4v) is 5.63. The normalized spacial score (nSPS) is 21.5. The number of aryl methyl sites for hydroxylation is 1. The molecule has 2 aromatic heterocycles. The molecule has 12 heteroatoms. The molecule has 0 unspecified atom stereocenters. The van der Waals surface area contributed by atoms with Gasteiger partial charge in [-0.15, -0.1) is 16.3 Å². The van der Waals surface area contributed by atoms with Gasteiger partial charge in [0.2, 0.25) is 5.96 Å².